The highest BCUT2D eigenvalue weighted by molar-refractivity contribution is 6.29. The van der Waals surface area contributed by atoms with Gasteiger partial charge in [-0.25, -0.2) is 9.78 Å². The van der Waals surface area contributed by atoms with E-state index in [0.717, 1.165) is 18.9 Å². The molecule has 2 amide bonds. The number of amides is 2. The summed E-state index contributed by atoms with van der Waals surface area (Å²) in [5.74, 6) is 0.775. The van der Waals surface area contributed by atoms with E-state index in [-0.39, 0.29) is 12.1 Å². The van der Waals surface area contributed by atoms with Crippen molar-refractivity contribution >= 4 is 23.4 Å². The molecule has 2 aliphatic rings. The summed E-state index contributed by atoms with van der Waals surface area (Å²) >= 11 is 5.82. The van der Waals surface area contributed by atoms with Gasteiger partial charge in [0.2, 0.25) is 0 Å². The Morgan fingerprint density at radius 2 is 2.29 bits per heavy atom. The molecule has 3 rings (SSSR count). The van der Waals surface area contributed by atoms with Crippen molar-refractivity contribution in [2.45, 2.75) is 6.04 Å². The van der Waals surface area contributed by atoms with Gasteiger partial charge in [0.1, 0.15) is 11.0 Å². The van der Waals surface area contributed by atoms with Gasteiger partial charge < -0.3 is 15.1 Å². The number of nitrogens with zero attached hydrogens (tertiary/aromatic N) is 4. The van der Waals surface area contributed by atoms with Crippen LogP contribution in [0.3, 0.4) is 0 Å². The molecule has 1 atom stereocenters. The van der Waals surface area contributed by atoms with E-state index in [1.807, 2.05) is 4.90 Å². The third-order valence-corrected chi connectivity index (χ3v) is 3.33. The van der Waals surface area contributed by atoms with Crippen LogP contribution in [0.5, 0.6) is 0 Å². The smallest absolute Gasteiger partial charge is 0.317 e. The van der Waals surface area contributed by atoms with E-state index in [2.05, 4.69) is 20.2 Å². The molecule has 6 nitrogen and oxygen atoms in total. The summed E-state index contributed by atoms with van der Waals surface area (Å²) in [5.41, 5.74) is 0. The second-order valence-electron chi connectivity index (χ2n) is 4.18. The van der Waals surface area contributed by atoms with Gasteiger partial charge >= 0.3 is 6.03 Å². The zero-order chi connectivity index (χ0) is 11.8. The molecule has 1 unspecified atom stereocenters. The van der Waals surface area contributed by atoms with E-state index in [0.29, 0.717) is 18.2 Å². The van der Waals surface area contributed by atoms with Crippen LogP contribution in [0.1, 0.15) is 0 Å². The third kappa shape index (κ3) is 1.88. The van der Waals surface area contributed by atoms with Gasteiger partial charge in [-0.15, -0.1) is 0 Å². The van der Waals surface area contributed by atoms with Gasteiger partial charge in [-0.2, -0.15) is 0 Å². The maximum atomic E-state index is 11.5. The van der Waals surface area contributed by atoms with Gasteiger partial charge in [0, 0.05) is 26.2 Å². The highest BCUT2D eigenvalue weighted by Crippen LogP contribution is 2.19. The fraction of sp³-hybridized carbons (Fsp3) is 0.500. The second-order valence-corrected chi connectivity index (χ2v) is 4.57. The second kappa shape index (κ2) is 4.03. The Hall–Kier alpha value is -1.56. The third-order valence-electron chi connectivity index (χ3n) is 3.15. The first-order valence-electron chi connectivity index (χ1n) is 5.51. The number of aromatic nitrogens is 2. The first kappa shape index (κ1) is 10.6. The van der Waals surface area contributed by atoms with Crippen LogP contribution in [-0.4, -0.2) is 53.1 Å². The van der Waals surface area contributed by atoms with Crippen molar-refractivity contribution in [2.75, 3.05) is 31.1 Å². The molecule has 2 fully saturated rings. The van der Waals surface area contributed by atoms with Crippen LogP contribution in [-0.2, 0) is 0 Å². The van der Waals surface area contributed by atoms with Crippen LogP contribution < -0.4 is 10.2 Å². The lowest BCUT2D eigenvalue weighted by Crippen LogP contribution is -2.52. The molecule has 0 spiro atoms. The van der Waals surface area contributed by atoms with Crippen LogP contribution in [0.15, 0.2) is 12.4 Å². The van der Waals surface area contributed by atoms with Crippen molar-refractivity contribution in [3.63, 3.8) is 0 Å². The average molecular weight is 254 g/mol. The number of rotatable bonds is 1. The Balaban J connectivity index is 1.77. The van der Waals surface area contributed by atoms with E-state index in [1.54, 1.807) is 6.20 Å². The monoisotopic (exact) mass is 253 g/mol. The normalized spacial score (nSPS) is 23.6. The number of fused-ring (bicyclic) bond motifs is 1. The molecule has 1 aromatic heterocycles. The maximum absolute atomic E-state index is 11.5. The molecule has 0 aliphatic carbocycles. The summed E-state index contributed by atoms with van der Waals surface area (Å²) in [5, 5.41) is 3.24. The van der Waals surface area contributed by atoms with E-state index in [1.165, 1.54) is 6.20 Å². The average Bonchev–Trinajstić information content (AvgIpc) is 2.71. The van der Waals surface area contributed by atoms with Crippen molar-refractivity contribution in [3.8, 4) is 0 Å². The summed E-state index contributed by atoms with van der Waals surface area (Å²) in [4.78, 5) is 23.7. The minimum atomic E-state index is 0.0341. The number of hydrogen-bond acceptors (Lipinski definition) is 4. The largest absolute Gasteiger partial charge is 0.351 e. The van der Waals surface area contributed by atoms with Crippen LogP contribution in [0.2, 0.25) is 5.15 Å². The summed E-state index contributed by atoms with van der Waals surface area (Å²) in [6.07, 6.45) is 3.22. The predicted octanol–water partition coefficient (Wildman–Crippen LogP) is 0.344. The Morgan fingerprint density at radius 3 is 3.12 bits per heavy atom. The molecule has 1 aromatic rings. The topological polar surface area (TPSA) is 61.4 Å². The van der Waals surface area contributed by atoms with Crippen molar-refractivity contribution in [3.05, 3.63) is 17.5 Å². The Bertz CT molecular complexity index is 454. The SMILES string of the molecule is O=C1NCC2CN(c3cncc(Cl)n3)CCN12. The van der Waals surface area contributed by atoms with Gasteiger partial charge in [0.05, 0.1) is 18.4 Å². The first-order chi connectivity index (χ1) is 8.24. The summed E-state index contributed by atoms with van der Waals surface area (Å²) in [7, 11) is 0. The number of anilines is 1. The van der Waals surface area contributed by atoms with E-state index >= 15 is 0 Å². The van der Waals surface area contributed by atoms with E-state index < -0.39 is 0 Å². The van der Waals surface area contributed by atoms with Gasteiger partial charge in [-0.3, -0.25) is 4.98 Å². The zero-order valence-corrected chi connectivity index (χ0v) is 9.89. The Kier molecular flexibility index (Phi) is 2.51. The van der Waals surface area contributed by atoms with E-state index in [4.69, 9.17) is 11.6 Å². The minimum Gasteiger partial charge on any atom is -0.351 e. The standard InChI is InChI=1S/C10H12ClN5O/c11-8-4-12-5-9(14-8)15-1-2-16-7(6-15)3-13-10(16)17/h4-5,7H,1-3,6H2,(H,13,17). The van der Waals surface area contributed by atoms with Crippen molar-refractivity contribution in [1.29, 1.82) is 0 Å². The molecule has 0 aromatic carbocycles. The first-order valence-corrected chi connectivity index (χ1v) is 5.89. The quantitative estimate of drug-likeness (QED) is 0.784. The number of nitrogens with one attached hydrogen (secondary N) is 1. The maximum Gasteiger partial charge on any atom is 0.317 e. The molecule has 2 aliphatic heterocycles. The highest BCUT2D eigenvalue weighted by atomic mass is 35.5. The van der Waals surface area contributed by atoms with Crippen molar-refractivity contribution in [2.24, 2.45) is 0 Å². The molecule has 0 radical (unpaired) electrons. The van der Waals surface area contributed by atoms with Crippen LogP contribution in [0, 0.1) is 0 Å². The van der Waals surface area contributed by atoms with Crippen molar-refractivity contribution in [1.82, 2.24) is 20.2 Å². The highest BCUT2D eigenvalue weighted by Gasteiger charge is 2.35. The van der Waals surface area contributed by atoms with Crippen LogP contribution in [0.25, 0.3) is 0 Å². The zero-order valence-electron chi connectivity index (χ0n) is 9.14. The fourth-order valence-electron chi connectivity index (χ4n) is 2.30. The predicted molar refractivity (Wildman–Crippen MR) is 63.1 cm³/mol. The summed E-state index contributed by atoms with van der Waals surface area (Å²) in [6.45, 7) is 2.95. The Morgan fingerprint density at radius 1 is 1.41 bits per heavy atom. The number of piperazine rings is 1. The molecule has 1 N–H and O–H groups in total. The molecule has 7 heteroatoms. The van der Waals surface area contributed by atoms with Crippen molar-refractivity contribution < 1.29 is 4.79 Å². The molecule has 2 saturated heterocycles. The fourth-order valence-corrected chi connectivity index (χ4v) is 2.44. The molecular formula is C10H12ClN5O. The molecule has 3 heterocycles. The van der Waals surface area contributed by atoms with E-state index in [9.17, 15) is 4.79 Å². The number of urea groups is 1. The minimum absolute atomic E-state index is 0.0341. The molecular weight excluding hydrogens is 242 g/mol. The lowest BCUT2D eigenvalue weighted by Gasteiger charge is -2.36. The number of carbonyl (C=O) groups excluding carboxylic acids is 1. The molecule has 17 heavy (non-hydrogen) atoms. The van der Waals surface area contributed by atoms with Gasteiger partial charge in [-0.05, 0) is 0 Å². The summed E-state index contributed by atoms with van der Waals surface area (Å²) in [6, 6.07) is 0.254. The molecule has 90 valence electrons. The number of halogens is 1. The molecule has 0 bridgehead atoms. The van der Waals surface area contributed by atoms with Gasteiger partial charge in [0.15, 0.2) is 0 Å². The lowest BCUT2D eigenvalue weighted by atomic mass is 10.2. The Labute approximate surface area is 104 Å². The number of carbonyl (C=O) groups is 1. The number of hydrogen-bond donors (Lipinski definition) is 1. The van der Waals surface area contributed by atoms with Crippen LogP contribution in [0.4, 0.5) is 10.6 Å². The van der Waals surface area contributed by atoms with Gasteiger partial charge in [0.25, 0.3) is 0 Å². The van der Waals surface area contributed by atoms with Crippen LogP contribution >= 0.6 is 11.6 Å². The lowest BCUT2D eigenvalue weighted by molar-refractivity contribution is 0.197. The van der Waals surface area contributed by atoms with Gasteiger partial charge in [-0.1, -0.05) is 11.6 Å². The summed E-state index contributed by atoms with van der Waals surface area (Å²) < 4.78 is 0. The molecule has 0 saturated carbocycles.